The Labute approximate surface area is 126 Å². The van der Waals surface area contributed by atoms with Crippen LogP contribution in [0.1, 0.15) is 11.1 Å². The zero-order chi connectivity index (χ0) is 15.4. The molecule has 2 aromatic carbocycles. The molecule has 0 unspecified atom stereocenters. The van der Waals surface area contributed by atoms with Crippen molar-refractivity contribution in [3.63, 3.8) is 0 Å². The van der Waals surface area contributed by atoms with Gasteiger partial charge < -0.3 is 4.74 Å². The van der Waals surface area contributed by atoms with Gasteiger partial charge in [-0.05, 0) is 24.3 Å². The highest BCUT2D eigenvalue weighted by atomic mass is 19.1. The van der Waals surface area contributed by atoms with Crippen molar-refractivity contribution in [1.29, 1.82) is 5.26 Å². The summed E-state index contributed by atoms with van der Waals surface area (Å²) < 4.78 is 20.4. The molecule has 6 heteroatoms. The number of hydrogen-bond donors (Lipinski definition) is 0. The van der Waals surface area contributed by atoms with Crippen LogP contribution in [0.3, 0.4) is 0 Å². The monoisotopic (exact) mass is 294 g/mol. The summed E-state index contributed by atoms with van der Waals surface area (Å²) in [4.78, 5) is 3.89. The molecule has 0 aliphatic carbocycles. The second-order valence-corrected chi connectivity index (χ2v) is 4.54. The maximum absolute atomic E-state index is 13.1. The second kappa shape index (κ2) is 6.06. The minimum absolute atomic E-state index is 0.185. The third kappa shape index (κ3) is 2.94. The van der Waals surface area contributed by atoms with Gasteiger partial charge in [0.05, 0.1) is 17.3 Å². The first-order chi connectivity index (χ1) is 10.8. The first-order valence-electron chi connectivity index (χ1n) is 6.52. The van der Waals surface area contributed by atoms with Crippen molar-refractivity contribution in [2.75, 3.05) is 0 Å². The first kappa shape index (κ1) is 13.8. The predicted molar refractivity (Wildman–Crippen MR) is 76.8 cm³/mol. The van der Waals surface area contributed by atoms with Crippen LogP contribution in [0, 0.1) is 17.1 Å². The van der Waals surface area contributed by atoms with Gasteiger partial charge in [-0.2, -0.15) is 10.4 Å². The maximum atomic E-state index is 13.1. The van der Waals surface area contributed by atoms with Crippen LogP contribution >= 0.6 is 0 Å². The molecule has 0 saturated carbocycles. The van der Waals surface area contributed by atoms with E-state index in [-0.39, 0.29) is 12.2 Å². The lowest BCUT2D eigenvalue weighted by atomic mass is 10.1. The van der Waals surface area contributed by atoms with Crippen LogP contribution < -0.4 is 4.74 Å². The van der Waals surface area contributed by atoms with E-state index in [0.717, 1.165) is 5.69 Å². The van der Waals surface area contributed by atoms with Gasteiger partial charge in [0, 0.05) is 11.6 Å². The molecule has 3 rings (SSSR count). The minimum Gasteiger partial charge on any atom is -0.489 e. The van der Waals surface area contributed by atoms with Gasteiger partial charge in [-0.3, -0.25) is 0 Å². The van der Waals surface area contributed by atoms with Crippen molar-refractivity contribution in [1.82, 2.24) is 14.8 Å². The van der Waals surface area contributed by atoms with Crippen molar-refractivity contribution in [2.45, 2.75) is 6.61 Å². The molecule has 0 N–H and O–H groups in total. The van der Waals surface area contributed by atoms with E-state index in [1.165, 1.54) is 18.5 Å². The zero-order valence-electron chi connectivity index (χ0n) is 11.5. The Hall–Kier alpha value is -3.20. The van der Waals surface area contributed by atoms with Gasteiger partial charge in [0.1, 0.15) is 30.8 Å². The normalized spacial score (nSPS) is 10.2. The Balaban J connectivity index is 1.78. The third-order valence-electron chi connectivity index (χ3n) is 3.09. The van der Waals surface area contributed by atoms with Crippen molar-refractivity contribution < 1.29 is 9.13 Å². The largest absolute Gasteiger partial charge is 0.489 e. The minimum atomic E-state index is -0.437. The highest BCUT2D eigenvalue weighted by Crippen LogP contribution is 2.18. The number of nitrogens with zero attached hydrogens (tertiary/aromatic N) is 4. The van der Waals surface area contributed by atoms with E-state index in [9.17, 15) is 4.39 Å². The fraction of sp³-hybridized carbons (Fsp3) is 0.0625. The summed E-state index contributed by atoms with van der Waals surface area (Å²) in [6, 6.07) is 13.3. The van der Waals surface area contributed by atoms with Crippen LogP contribution in [0.25, 0.3) is 5.69 Å². The van der Waals surface area contributed by atoms with Crippen LogP contribution in [0.2, 0.25) is 0 Å². The highest BCUT2D eigenvalue weighted by molar-refractivity contribution is 5.40. The van der Waals surface area contributed by atoms with Crippen molar-refractivity contribution in [2.24, 2.45) is 0 Å². The summed E-state index contributed by atoms with van der Waals surface area (Å²) in [5.74, 6) is 0.190. The summed E-state index contributed by atoms with van der Waals surface area (Å²) >= 11 is 0. The lowest BCUT2D eigenvalue weighted by molar-refractivity contribution is 0.305. The molecule has 0 aliphatic heterocycles. The lowest BCUT2D eigenvalue weighted by Gasteiger charge is -2.09. The number of benzene rings is 2. The number of rotatable bonds is 4. The van der Waals surface area contributed by atoms with E-state index in [1.54, 1.807) is 23.1 Å². The molecule has 108 valence electrons. The Morgan fingerprint density at radius 1 is 1.23 bits per heavy atom. The van der Waals surface area contributed by atoms with Crippen molar-refractivity contribution in [3.8, 4) is 17.5 Å². The highest BCUT2D eigenvalue weighted by Gasteiger charge is 2.05. The molecule has 5 nitrogen and oxygen atoms in total. The van der Waals surface area contributed by atoms with Gasteiger partial charge in [0.2, 0.25) is 0 Å². The number of halogens is 1. The molecule has 0 fully saturated rings. The van der Waals surface area contributed by atoms with Gasteiger partial charge in [-0.15, -0.1) is 0 Å². The van der Waals surface area contributed by atoms with E-state index in [0.29, 0.717) is 11.3 Å². The summed E-state index contributed by atoms with van der Waals surface area (Å²) in [6.07, 6.45) is 3.04. The number of hydrogen-bond acceptors (Lipinski definition) is 4. The van der Waals surface area contributed by atoms with Crippen LogP contribution in [0.5, 0.6) is 5.75 Å². The van der Waals surface area contributed by atoms with Gasteiger partial charge in [0.25, 0.3) is 0 Å². The van der Waals surface area contributed by atoms with Gasteiger partial charge in [0.15, 0.2) is 0 Å². The average Bonchev–Trinajstić information content (AvgIpc) is 3.08. The fourth-order valence-electron chi connectivity index (χ4n) is 2.00. The molecule has 0 bridgehead atoms. The molecule has 0 saturated heterocycles. The first-order valence-corrected chi connectivity index (χ1v) is 6.52. The zero-order valence-corrected chi connectivity index (χ0v) is 11.5. The van der Waals surface area contributed by atoms with Crippen LogP contribution in [-0.2, 0) is 6.61 Å². The van der Waals surface area contributed by atoms with Gasteiger partial charge in [-0.1, -0.05) is 12.1 Å². The summed E-state index contributed by atoms with van der Waals surface area (Å²) in [5, 5.41) is 13.1. The lowest BCUT2D eigenvalue weighted by Crippen LogP contribution is -2.00. The summed E-state index contributed by atoms with van der Waals surface area (Å²) in [6.45, 7) is 0.185. The summed E-state index contributed by atoms with van der Waals surface area (Å²) in [7, 11) is 0. The van der Waals surface area contributed by atoms with E-state index >= 15 is 0 Å². The van der Waals surface area contributed by atoms with Crippen LogP contribution in [0.4, 0.5) is 4.39 Å². The standard InChI is InChI=1S/C16H11FN4O/c17-14-5-4-12(13(6-14)8-18)9-22-16-3-1-2-15(7-16)21-11-19-10-20-21/h1-7,10-11H,9H2. The third-order valence-corrected chi connectivity index (χ3v) is 3.09. The quantitative estimate of drug-likeness (QED) is 0.742. The molecule has 0 radical (unpaired) electrons. The van der Waals surface area contributed by atoms with E-state index in [2.05, 4.69) is 10.1 Å². The smallest absolute Gasteiger partial charge is 0.138 e. The number of nitriles is 1. The topological polar surface area (TPSA) is 63.7 Å². The molecule has 22 heavy (non-hydrogen) atoms. The Morgan fingerprint density at radius 3 is 2.91 bits per heavy atom. The number of ether oxygens (including phenoxy) is 1. The molecule has 1 heterocycles. The molecular formula is C16H11FN4O. The molecule has 1 aromatic heterocycles. The molecule has 0 amide bonds. The van der Waals surface area contributed by atoms with Crippen molar-refractivity contribution in [3.05, 3.63) is 72.1 Å². The summed E-state index contributed by atoms with van der Waals surface area (Å²) in [5.41, 5.74) is 1.72. The fourth-order valence-corrected chi connectivity index (χ4v) is 2.00. The Kier molecular flexibility index (Phi) is 3.79. The Bertz CT molecular complexity index is 824. The van der Waals surface area contributed by atoms with Gasteiger partial charge >= 0.3 is 0 Å². The van der Waals surface area contributed by atoms with E-state index < -0.39 is 5.82 Å². The second-order valence-electron chi connectivity index (χ2n) is 4.54. The SMILES string of the molecule is N#Cc1cc(F)ccc1COc1cccc(-n2cncn2)c1. The molecule has 0 aliphatic rings. The molecule has 3 aromatic rings. The maximum Gasteiger partial charge on any atom is 0.138 e. The van der Waals surface area contributed by atoms with E-state index in [1.807, 2.05) is 24.3 Å². The average molecular weight is 294 g/mol. The van der Waals surface area contributed by atoms with Crippen molar-refractivity contribution >= 4 is 0 Å². The van der Waals surface area contributed by atoms with Gasteiger partial charge in [-0.25, -0.2) is 14.1 Å². The van der Waals surface area contributed by atoms with E-state index in [4.69, 9.17) is 10.00 Å². The van der Waals surface area contributed by atoms with Crippen LogP contribution in [0.15, 0.2) is 55.1 Å². The number of aromatic nitrogens is 3. The molecule has 0 spiro atoms. The molecular weight excluding hydrogens is 283 g/mol. The van der Waals surface area contributed by atoms with Crippen LogP contribution in [-0.4, -0.2) is 14.8 Å². The Morgan fingerprint density at radius 2 is 2.14 bits per heavy atom. The predicted octanol–water partition coefficient (Wildman–Crippen LogP) is 2.86. The molecule has 0 atom stereocenters.